The van der Waals surface area contributed by atoms with E-state index in [1.807, 2.05) is 19.1 Å². The third kappa shape index (κ3) is 2.06. The molecule has 2 rings (SSSR count). The lowest BCUT2D eigenvalue weighted by Crippen LogP contribution is -2.48. The fraction of sp³-hybridized carbons (Fsp3) is 0.571. The molecule has 0 saturated carbocycles. The first-order chi connectivity index (χ1) is 8.66. The molecule has 0 aromatic heterocycles. The molecule has 1 heterocycles. The van der Waals surface area contributed by atoms with E-state index in [9.17, 15) is 5.11 Å². The highest BCUT2D eigenvalue weighted by Crippen LogP contribution is 2.43. The predicted molar refractivity (Wildman–Crippen MR) is 68.5 cm³/mol. The van der Waals surface area contributed by atoms with Gasteiger partial charge in [-0.2, -0.15) is 0 Å². The number of methoxy groups -OCH3 is 2. The van der Waals surface area contributed by atoms with Crippen LogP contribution >= 0.6 is 0 Å². The number of rotatable bonds is 5. The van der Waals surface area contributed by atoms with Crippen LogP contribution in [0.4, 0.5) is 0 Å². The Labute approximate surface area is 107 Å². The lowest BCUT2D eigenvalue weighted by molar-refractivity contribution is -0.0712. The Morgan fingerprint density at radius 3 is 2.44 bits per heavy atom. The van der Waals surface area contributed by atoms with Crippen LogP contribution in [-0.2, 0) is 10.2 Å². The summed E-state index contributed by atoms with van der Waals surface area (Å²) < 4.78 is 16.1. The molecule has 18 heavy (non-hydrogen) atoms. The number of hydrogen-bond donors (Lipinski definition) is 1. The average molecular weight is 252 g/mol. The number of aliphatic hydroxyl groups is 1. The fourth-order valence-corrected chi connectivity index (χ4v) is 2.66. The Morgan fingerprint density at radius 1 is 1.28 bits per heavy atom. The largest absolute Gasteiger partial charge is 0.497 e. The minimum Gasteiger partial charge on any atom is -0.497 e. The summed E-state index contributed by atoms with van der Waals surface area (Å²) in [5.41, 5.74) is 2.13. The molecule has 1 aliphatic rings. The first kappa shape index (κ1) is 13.2. The highest BCUT2D eigenvalue weighted by molar-refractivity contribution is 5.51. The van der Waals surface area contributed by atoms with E-state index in [-0.39, 0.29) is 12.0 Å². The SMILES string of the molecule is COc1cc(C)c(C2(CCO)COC2)c(OC)c1. The third-order valence-electron chi connectivity index (χ3n) is 3.61. The van der Waals surface area contributed by atoms with Crippen LogP contribution in [0, 0.1) is 6.92 Å². The van der Waals surface area contributed by atoms with Crippen LogP contribution in [0.3, 0.4) is 0 Å². The minimum absolute atomic E-state index is 0.115. The van der Waals surface area contributed by atoms with E-state index in [1.165, 1.54) is 0 Å². The second kappa shape index (κ2) is 5.16. The zero-order valence-corrected chi connectivity index (χ0v) is 11.2. The summed E-state index contributed by atoms with van der Waals surface area (Å²) in [6.07, 6.45) is 0.691. The maximum absolute atomic E-state index is 9.26. The molecule has 1 aromatic carbocycles. The summed E-state index contributed by atoms with van der Waals surface area (Å²) in [6, 6.07) is 3.88. The molecule has 1 fully saturated rings. The molecule has 1 aromatic rings. The summed E-state index contributed by atoms with van der Waals surface area (Å²) in [5, 5.41) is 9.26. The first-order valence-electron chi connectivity index (χ1n) is 6.08. The van der Waals surface area contributed by atoms with Gasteiger partial charge in [-0.05, 0) is 25.0 Å². The van der Waals surface area contributed by atoms with Crippen molar-refractivity contribution in [2.75, 3.05) is 34.0 Å². The van der Waals surface area contributed by atoms with Crippen molar-refractivity contribution in [3.05, 3.63) is 23.3 Å². The Hall–Kier alpha value is -1.26. The van der Waals surface area contributed by atoms with Crippen LogP contribution < -0.4 is 9.47 Å². The van der Waals surface area contributed by atoms with Gasteiger partial charge in [0, 0.05) is 23.7 Å². The standard InChI is InChI=1S/C14H20O4/c1-10-6-11(16-2)7-12(17-3)13(10)14(4-5-15)8-18-9-14/h6-7,15H,4-5,8-9H2,1-3H3. The van der Waals surface area contributed by atoms with Crippen LogP contribution in [0.15, 0.2) is 12.1 Å². The summed E-state index contributed by atoms with van der Waals surface area (Å²) in [6.45, 7) is 3.46. The number of aryl methyl sites for hydroxylation is 1. The Balaban J connectivity index is 2.48. The summed E-state index contributed by atoms with van der Waals surface area (Å²) in [7, 11) is 3.30. The lowest BCUT2D eigenvalue weighted by Gasteiger charge is -2.43. The van der Waals surface area contributed by atoms with E-state index in [0.717, 1.165) is 22.6 Å². The maximum Gasteiger partial charge on any atom is 0.126 e. The van der Waals surface area contributed by atoms with Crippen LogP contribution in [0.1, 0.15) is 17.5 Å². The van der Waals surface area contributed by atoms with E-state index in [4.69, 9.17) is 14.2 Å². The highest BCUT2D eigenvalue weighted by atomic mass is 16.5. The van der Waals surface area contributed by atoms with Crippen LogP contribution in [-0.4, -0.2) is 39.1 Å². The summed E-state index contributed by atoms with van der Waals surface area (Å²) in [5.74, 6) is 1.59. The van der Waals surface area contributed by atoms with Crippen molar-refractivity contribution < 1.29 is 19.3 Å². The molecule has 0 spiro atoms. The fourth-order valence-electron chi connectivity index (χ4n) is 2.66. The number of benzene rings is 1. The third-order valence-corrected chi connectivity index (χ3v) is 3.61. The molecular weight excluding hydrogens is 232 g/mol. The van der Waals surface area contributed by atoms with Crippen molar-refractivity contribution in [1.82, 2.24) is 0 Å². The Kier molecular flexibility index (Phi) is 3.78. The van der Waals surface area contributed by atoms with Gasteiger partial charge in [0.2, 0.25) is 0 Å². The molecule has 1 N–H and O–H groups in total. The highest BCUT2D eigenvalue weighted by Gasteiger charge is 2.43. The van der Waals surface area contributed by atoms with Crippen molar-refractivity contribution in [2.45, 2.75) is 18.8 Å². The molecule has 0 radical (unpaired) electrons. The van der Waals surface area contributed by atoms with Crippen molar-refractivity contribution in [3.63, 3.8) is 0 Å². The van der Waals surface area contributed by atoms with Gasteiger partial charge in [0.1, 0.15) is 11.5 Å². The van der Waals surface area contributed by atoms with E-state index in [0.29, 0.717) is 19.6 Å². The number of hydrogen-bond acceptors (Lipinski definition) is 4. The van der Waals surface area contributed by atoms with Crippen molar-refractivity contribution in [2.24, 2.45) is 0 Å². The lowest BCUT2D eigenvalue weighted by atomic mass is 9.73. The Morgan fingerprint density at radius 2 is 2.00 bits per heavy atom. The van der Waals surface area contributed by atoms with Crippen LogP contribution in [0.25, 0.3) is 0 Å². The average Bonchev–Trinajstić information content (AvgIpc) is 2.33. The smallest absolute Gasteiger partial charge is 0.126 e. The van der Waals surface area contributed by atoms with Gasteiger partial charge in [0.25, 0.3) is 0 Å². The zero-order chi connectivity index (χ0) is 13.2. The summed E-state index contributed by atoms with van der Waals surface area (Å²) >= 11 is 0. The second-order valence-corrected chi connectivity index (χ2v) is 4.77. The van der Waals surface area contributed by atoms with Crippen molar-refractivity contribution in [3.8, 4) is 11.5 Å². The van der Waals surface area contributed by atoms with E-state index in [2.05, 4.69) is 0 Å². The second-order valence-electron chi connectivity index (χ2n) is 4.77. The molecule has 1 saturated heterocycles. The molecule has 0 atom stereocenters. The van der Waals surface area contributed by atoms with E-state index >= 15 is 0 Å². The molecule has 0 aliphatic carbocycles. The molecule has 4 heteroatoms. The Bertz CT molecular complexity index is 424. The van der Waals surface area contributed by atoms with Gasteiger partial charge in [-0.25, -0.2) is 0 Å². The van der Waals surface area contributed by atoms with Crippen LogP contribution in [0.2, 0.25) is 0 Å². The minimum atomic E-state index is -0.115. The van der Waals surface area contributed by atoms with Gasteiger partial charge in [-0.3, -0.25) is 0 Å². The molecule has 0 amide bonds. The van der Waals surface area contributed by atoms with E-state index < -0.39 is 0 Å². The van der Waals surface area contributed by atoms with E-state index in [1.54, 1.807) is 14.2 Å². The summed E-state index contributed by atoms with van der Waals surface area (Å²) in [4.78, 5) is 0. The molecule has 1 aliphatic heterocycles. The van der Waals surface area contributed by atoms with Gasteiger partial charge in [0.15, 0.2) is 0 Å². The predicted octanol–water partition coefficient (Wildman–Crippen LogP) is 1.66. The molecule has 0 bridgehead atoms. The number of aliphatic hydroxyl groups excluding tert-OH is 1. The molecular formula is C14H20O4. The van der Waals surface area contributed by atoms with Gasteiger partial charge in [-0.1, -0.05) is 0 Å². The van der Waals surface area contributed by atoms with Crippen molar-refractivity contribution >= 4 is 0 Å². The van der Waals surface area contributed by atoms with Gasteiger partial charge >= 0.3 is 0 Å². The van der Waals surface area contributed by atoms with Gasteiger partial charge in [0.05, 0.1) is 27.4 Å². The van der Waals surface area contributed by atoms with Gasteiger partial charge in [-0.15, -0.1) is 0 Å². The normalized spacial score (nSPS) is 17.1. The maximum atomic E-state index is 9.26. The molecule has 4 nitrogen and oxygen atoms in total. The first-order valence-corrected chi connectivity index (χ1v) is 6.08. The monoisotopic (exact) mass is 252 g/mol. The molecule has 100 valence electrons. The van der Waals surface area contributed by atoms with Crippen LogP contribution in [0.5, 0.6) is 11.5 Å². The van der Waals surface area contributed by atoms with Gasteiger partial charge < -0.3 is 19.3 Å². The van der Waals surface area contributed by atoms with Crippen molar-refractivity contribution in [1.29, 1.82) is 0 Å². The zero-order valence-electron chi connectivity index (χ0n) is 11.2. The molecule has 0 unspecified atom stereocenters. The topological polar surface area (TPSA) is 47.9 Å². The number of ether oxygens (including phenoxy) is 3. The quantitative estimate of drug-likeness (QED) is 0.866.